The molecule has 108 valence electrons. The lowest BCUT2D eigenvalue weighted by atomic mass is 10.1. The Morgan fingerprint density at radius 3 is 2.60 bits per heavy atom. The SMILES string of the molecule is CC(NC(C)c1ccccc1OC(F)F)c1ncn[nH]1. The molecule has 1 aromatic carbocycles. The molecule has 0 aliphatic rings. The number of nitrogens with zero attached hydrogens (tertiary/aromatic N) is 2. The molecule has 20 heavy (non-hydrogen) atoms. The minimum absolute atomic E-state index is 0.0906. The van der Waals surface area contributed by atoms with Crippen LogP contribution in [0.4, 0.5) is 8.78 Å². The summed E-state index contributed by atoms with van der Waals surface area (Å²) in [6.07, 6.45) is 1.42. The van der Waals surface area contributed by atoms with Gasteiger partial charge >= 0.3 is 6.61 Å². The highest BCUT2D eigenvalue weighted by Crippen LogP contribution is 2.27. The second kappa shape index (κ2) is 6.42. The van der Waals surface area contributed by atoms with Crippen LogP contribution in [0, 0.1) is 0 Å². The lowest BCUT2D eigenvalue weighted by Crippen LogP contribution is -2.24. The maximum Gasteiger partial charge on any atom is 0.387 e. The van der Waals surface area contributed by atoms with Crippen LogP contribution in [0.15, 0.2) is 30.6 Å². The van der Waals surface area contributed by atoms with E-state index in [1.54, 1.807) is 18.2 Å². The Morgan fingerprint density at radius 2 is 1.95 bits per heavy atom. The number of hydrogen-bond acceptors (Lipinski definition) is 4. The summed E-state index contributed by atoms with van der Waals surface area (Å²) < 4.78 is 29.3. The molecule has 0 spiro atoms. The van der Waals surface area contributed by atoms with Gasteiger partial charge in [0, 0.05) is 11.6 Å². The number of halogens is 2. The van der Waals surface area contributed by atoms with E-state index in [4.69, 9.17) is 0 Å². The second-order valence-electron chi connectivity index (χ2n) is 4.40. The molecule has 7 heteroatoms. The van der Waals surface area contributed by atoms with Crippen LogP contribution in [0.5, 0.6) is 5.75 Å². The molecule has 5 nitrogen and oxygen atoms in total. The fraction of sp³-hybridized carbons (Fsp3) is 0.385. The number of aromatic amines is 1. The zero-order valence-electron chi connectivity index (χ0n) is 11.2. The van der Waals surface area contributed by atoms with E-state index in [9.17, 15) is 8.78 Å². The molecular formula is C13H16F2N4O. The first-order chi connectivity index (χ1) is 9.58. The summed E-state index contributed by atoms with van der Waals surface area (Å²) in [5, 5.41) is 9.80. The molecule has 2 atom stereocenters. The zero-order chi connectivity index (χ0) is 14.5. The summed E-state index contributed by atoms with van der Waals surface area (Å²) in [6, 6.07) is 6.46. The van der Waals surface area contributed by atoms with Gasteiger partial charge in [0.05, 0.1) is 6.04 Å². The Balaban J connectivity index is 2.10. The molecule has 0 radical (unpaired) electrons. The van der Waals surface area contributed by atoms with Crippen LogP contribution < -0.4 is 10.1 Å². The van der Waals surface area contributed by atoms with E-state index in [1.165, 1.54) is 12.4 Å². The van der Waals surface area contributed by atoms with E-state index in [-0.39, 0.29) is 17.8 Å². The van der Waals surface area contributed by atoms with E-state index in [1.807, 2.05) is 13.8 Å². The molecule has 0 amide bonds. The van der Waals surface area contributed by atoms with E-state index < -0.39 is 6.61 Å². The number of rotatable bonds is 6. The summed E-state index contributed by atoms with van der Waals surface area (Å²) in [6.45, 7) is 0.948. The number of hydrogen-bond donors (Lipinski definition) is 2. The smallest absolute Gasteiger partial charge is 0.387 e. The monoisotopic (exact) mass is 282 g/mol. The van der Waals surface area contributed by atoms with Gasteiger partial charge in [-0.2, -0.15) is 13.9 Å². The Kier molecular flexibility index (Phi) is 4.62. The Hall–Kier alpha value is -2.02. The average Bonchev–Trinajstić information content (AvgIpc) is 2.92. The number of H-pyrrole nitrogens is 1. The van der Waals surface area contributed by atoms with Gasteiger partial charge in [-0.3, -0.25) is 5.10 Å². The third kappa shape index (κ3) is 3.51. The maximum atomic E-state index is 12.4. The van der Waals surface area contributed by atoms with Crippen molar-refractivity contribution in [2.45, 2.75) is 32.5 Å². The molecule has 0 fully saturated rings. The fourth-order valence-electron chi connectivity index (χ4n) is 2.01. The molecule has 2 aromatic rings. The van der Waals surface area contributed by atoms with Crippen molar-refractivity contribution in [1.29, 1.82) is 0 Å². The van der Waals surface area contributed by atoms with Crippen molar-refractivity contribution < 1.29 is 13.5 Å². The maximum absolute atomic E-state index is 12.4. The van der Waals surface area contributed by atoms with Gasteiger partial charge in [-0.05, 0) is 19.9 Å². The van der Waals surface area contributed by atoms with E-state index in [0.29, 0.717) is 11.4 Å². The molecular weight excluding hydrogens is 266 g/mol. The molecule has 1 aromatic heterocycles. The summed E-state index contributed by atoms with van der Waals surface area (Å²) in [5.41, 5.74) is 0.666. The van der Waals surface area contributed by atoms with Crippen LogP contribution in [0.3, 0.4) is 0 Å². The van der Waals surface area contributed by atoms with Gasteiger partial charge < -0.3 is 10.1 Å². The zero-order valence-corrected chi connectivity index (χ0v) is 11.2. The molecule has 2 rings (SSSR count). The fourth-order valence-corrected chi connectivity index (χ4v) is 2.01. The molecule has 0 saturated heterocycles. The van der Waals surface area contributed by atoms with Gasteiger partial charge in [0.2, 0.25) is 0 Å². The third-order valence-corrected chi connectivity index (χ3v) is 2.95. The quantitative estimate of drug-likeness (QED) is 0.855. The van der Waals surface area contributed by atoms with Gasteiger partial charge in [-0.15, -0.1) is 0 Å². The average molecular weight is 282 g/mol. The van der Waals surface area contributed by atoms with Crippen LogP contribution in [0.25, 0.3) is 0 Å². The summed E-state index contributed by atoms with van der Waals surface area (Å²) in [4.78, 5) is 4.05. The van der Waals surface area contributed by atoms with E-state index in [2.05, 4.69) is 25.2 Å². The van der Waals surface area contributed by atoms with Crippen molar-refractivity contribution in [2.24, 2.45) is 0 Å². The summed E-state index contributed by atoms with van der Waals surface area (Å²) >= 11 is 0. The normalized spacial score (nSPS) is 14.2. The minimum Gasteiger partial charge on any atom is -0.434 e. The highest BCUT2D eigenvalue weighted by molar-refractivity contribution is 5.35. The predicted octanol–water partition coefficient (Wildman–Crippen LogP) is 2.82. The standard InChI is InChI=1S/C13H16F2N4O/c1-8(18-9(2)12-16-7-17-19-12)10-5-3-4-6-11(10)20-13(14)15/h3-9,13,18H,1-2H3,(H,16,17,19). The molecule has 1 heterocycles. The number of benzene rings is 1. The molecule has 0 aliphatic carbocycles. The lowest BCUT2D eigenvalue weighted by Gasteiger charge is -2.21. The van der Waals surface area contributed by atoms with Gasteiger partial charge in [-0.1, -0.05) is 18.2 Å². The predicted molar refractivity (Wildman–Crippen MR) is 69.4 cm³/mol. The Labute approximate surface area is 115 Å². The number of alkyl halides is 2. The van der Waals surface area contributed by atoms with Crippen molar-refractivity contribution in [1.82, 2.24) is 20.5 Å². The van der Waals surface area contributed by atoms with Crippen molar-refractivity contribution >= 4 is 0 Å². The van der Waals surface area contributed by atoms with Crippen LogP contribution in [0.1, 0.15) is 37.3 Å². The summed E-state index contributed by atoms with van der Waals surface area (Å²) in [7, 11) is 0. The molecule has 0 bridgehead atoms. The topological polar surface area (TPSA) is 62.8 Å². The first-order valence-electron chi connectivity index (χ1n) is 6.23. The molecule has 2 unspecified atom stereocenters. The van der Waals surface area contributed by atoms with E-state index in [0.717, 1.165) is 0 Å². The van der Waals surface area contributed by atoms with Crippen LogP contribution in [-0.2, 0) is 0 Å². The van der Waals surface area contributed by atoms with Gasteiger partial charge in [0.1, 0.15) is 17.9 Å². The molecule has 2 N–H and O–H groups in total. The van der Waals surface area contributed by atoms with Crippen LogP contribution in [0.2, 0.25) is 0 Å². The molecule has 0 saturated carbocycles. The largest absolute Gasteiger partial charge is 0.434 e. The van der Waals surface area contributed by atoms with Crippen molar-refractivity contribution in [2.75, 3.05) is 0 Å². The second-order valence-corrected chi connectivity index (χ2v) is 4.40. The van der Waals surface area contributed by atoms with Gasteiger partial charge in [-0.25, -0.2) is 4.98 Å². The lowest BCUT2D eigenvalue weighted by molar-refractivity contribution is -0.0506. The third-order valence-electron chi connectivity index (χ3n) is 2.95. The first-order valence-corrected chi connectivity index (χ1v) is 6.23. The highest BCUT2D eigenvalue weighted by atomic mass is 19.3. The van der Waals surface area contributed by atoms with Crippen molar-refractivity contribution in [3.63, 3.8) is 0 Å². The minimum atomic E-state index is -2.84. The highest BCUT2D eigenvalue weighted by Gasteiger charge is 2.17. The van der Waals surface area contributed by atoms with E-state index >= 15 is 0 Å². The van der Waals surface area contributed by atoms with Crippen molar-refractivity contribution in [3.05, 3.63) is 42.0 Å². The van der Waals surface area contributed by atoms with Gasteiger partial charge in [0.15, 0.2) is 0 Å². The first kappa shape index (κ1) is 14.4. The number of aromatic nitrogens is 3. The summed E-state index contributed by atoms with van der Waals surface area (Å²) in [5.74, 6) is 0.858. The van der Waals surface area contributed by atoms with Crippen LogP contribution >= 0.6 is 0 Å². The number of para-hydroxylation sites is 1. The number of nitrogens with one attached hydrogen (secondary N) is 2. The van der Waals surface area contributed by atoms with Gasteiger partial charge in [0.25, 0.3) is 0 Å². The molecule has 0 aliphatic heterocycles. The van der Waals surface area contributed by atoms with Crippen molar-refractivity contribution in [3.8, 4) is 5.75 Å². The Bertz CT molecular complexity index is 533. The number of ether oxygens (including phenoxy) is 1. The Morgan fingerprint density at radius 1 is 1.20 bits per heavy atom. The van der Waals surface area contributed by atoms with Crippen LogP contribution in [-0.4, -0.2) is 21.8 Å².